The first-order valence-electron chi connectivity index (χ1n) is 9.27. The van der Waals surface area contributed by atoms with Crippen LogP contribution in [0, 0.1) is 0 Å². The van der Waals surface area contributed by atoms with Gasteiger partial charge in [0, 0.05) is 16.3 Å². The highest BCUT2D eigenvalue weighted by Gasteiger charge is 2.51. The summed E-state index contributed by atoms with van der Waals surface area (Å²) in [5, 5.41) is 14.6. The second-order valence-electron chi connectivity index (χ2n) is 6.91. The van der Waals surface area contributed by atoms with E-state index in [4.69, 9.17) is 16.3 Å². The minimum atomic E-state index is -1.91. The summed E-state index contributed by atoms with van der Waals surface area (Å²) in [6.07, 6.45) is 0. The van der Waals surface area contributed by atoms with Gasteiger partial charge < -0.3 is 15.2 Å². The fraction of sp³-hybridized carbons (Fsp3) is 0.130. The van der Waals surface area contributed by atoms with Gasteiger partial charge in [-0.2, -0.15) is 0 Å². The number of ether oxygens (including phenoxy) is 1. The Morgan fingerprint density at radius 3 is 2.53 bits per heavy atom. The number of carbonyl (C=O) groups is 2. The van der Waals surface area contributed by atoms with E-state index in [2.05, 4.69) is 5.32 Å². The van der Waals surface area contributed by atoms with E-state index in [1.807, 2.05) is 0 Å². The van der Waals surface area contributed by atoms with E-state index in [0.717, 1.165) is 0 Å². The molecule has 0 unspecified atom stereocenters. The van der Waals surface area contributed by atoms with E-state index in [1.165, 1.54) is 4.90 Å². The summed E-state index contributed by atoms with van der Waals surface area (Å²) in [4.78, 5) is 27.2. The minimum Gasteiger partial charge on any atom is -0.497 e. The maximum atomic E-state index is 13.3. The summed E-state index contributed by atoms with van der Waals surface area (Å²) in [5.74, 6) is -0.322. The molecule has 4 rings (SSSR count). The monoisotopic (exact) mass is 422 g/mol. The van der Waals surface area contributed by atoms with Crippen LogP contribution in [-0.4, -0.2) is 30.6 Å². The molecule has 0 spiro atoms. The molecule has 3 aromatic rings. The van der Waals surface area contributed by atoms with Crippen LogP contribution in [0.1, 0.15) is 11.1 Å². The van der Waals surface area contributed by atoms with Gasteiger partial charge in [-0.15, -0.1) is 0 Å². The highest BCUT2D eigenvalue weighted by atomic mass is 35.5. The summed E-state index contributed by atoms with van der Waals surface area (Å²) in [7, 11) is 1.56. The van der Waals surface area contributed by atoms with Crippen LogP contribution in [0.5, 0.6) is 5.75 Å². The number of anilines is 2. The van der Waals surface area contributed by atoms with Gasteiger partial charge in [0.1, 0.15) is 12.3 Å². The maximum absolute atomic E-state index is 13.3. The third-order valence-corrected chi connectivity index (χ3v) is 5.29. The molecule has 152 valence electrons. The van der Waals surface area contributed by atoms with Crippen LogP contribution in [0.2, 0.25) is 5.02 Å². The smallest absolute Gasteiger partial charge is 0.268 e. The highest BCUT2D eigenvalue weighted by Crippen LogP contribution is 2.44. The first-order chi connectivity index (χ1) is 14.4. The summed E-state index contributed by atoms with van der Waals surface area (Å²) in [6.45, 7) is -0.245. The Morgan fingerprint density at radius 1 is 1.10 bits per heavy atom. The SMILES string of the molecule is COc1ccc(NC(=O)CN2C(=O)[C@@](O)(c3cccc(Cl)c3)c3ccccc32)cc1. The fourth-order valence-electron chi connectivity index (χ4n) is 3.60. The van der Waals surface area contributed by atoms with Gasteiger partial charge in [-0.25, -0.2) is 0 Å². The van der Waals surface area contributed by atoms with E-state index in [0.29, 0.717) is 33.3 Å². The Bertz CT molecular complexity index is 1120. The predicted octanol–water partition coefficient (Wildman–Crippen LogP) is 3.57. The first kappa shape index (κ1) is 19.9. The zero-order valence-corrected chi connectivity index (χ0v) is 16.9. The Hall–Kier alpha value is -3.35. The minimum absolute atomic E-state index is 0.245. The van der Waals surface area contributed by atoms with E-state index in [1.54, 1.807) is 79.9 Å². The number of nitrogens with one attached hydrogen (secondary N) is 1. The normalized spacial score (nSPS) is 17.6. The Kier molecular flexibility index (Phi) is 5.20. The summed E-state index contributed by atoms with van der Waals surface area (Å²) in [5.41, 5.74) is -0.0947. The molecular weight excluding hydrogens is 404 g/mol. The van der Waals surface area contributed by atoms with Crippen molar-refractivity contribution in [2.75, 3.05) is 23.9 Å². The van der Waals surface area contributed by atoms with Gasteiger partial charge in [-0.1, -0.05) is 41.9 Å². The summed E-state index contributed by atoms with van der Waals surface area (Å²) >= 11 is 6.08. The van der Waals surface area contributed by atoms with Crippen LogP contribution >= 0.6 is 11.6 Å². The molecule has 0 saturated carbocycles. The zero-order chi connectivity index (χ0) is 21.3. The Morgan fingerprint density at radius 2 is 1.83 bits per heavy atom. The molecule has 1 atom stereocenters. The second-order valence-corrected chi connectivity index (χ2v) is 7.34. The van der Waals surface area contributed by atoms with Crippen molar-refractivity contribution in [1.82, 2.24) is 0 Å². The number of benzene rings is 3. The number of aliphatic hydroxyl groups is 1. The lowest BCUT2D eigenvalue weighted by atomic mass is 9.87. The number of carbonyl (C=O) groups excluding carboxylic acids is 2. The molecule has 0 fully saturated rings. The molecule has 6 nitrogen and oxygen atoms in total. The van der Waals surface area contributed by atoms with Crippen LogP contribution in [0.15, 0.2) is 72.8 Å². The molecule has 1 heterocycles. The van der Waals surface area contributed by atoms with E-state index in [9.17, 15) is 14.7 Å². The van der Waals surface area contributed by atoms with Crippen LogP contribution in [0.25, 0.3) is 0 Å². The van der Waals surface area contributed by atoms with Crippen molar-refractivity contribution in [2.45, 2.75) is 5.60 Å². The molecule has 30 heavy (non-hydrogen) atoms. The van der Waals surface area contributed by atoms with E-state index < -0.39 is 17.4 Å². The highest BCUT2D eigenvalue weighted by molar-refractivity contribution is 6.30. The van der Waals surface area contributed by atoms with Gasteiger partial charge >= 0.3 is 0 Å². The Balaban J connectivity index is 1.62. The number of fused-ring (bicyclic) bond motifs is 1. The summed E-state index contributed by atoms with van der Waals surface area (Å²) in [6, 6.07) is 20.3. The zero-order valence-electron chi connectivity index (χ0n) is 16.1. The van der Waals surface area contributed by atoms with Crippen LogP contribution in [0.4, 0.5) is 11.4 Å². The average Bonchev–Trinajstić information content (AvgIpc) is 2.97. The lowest BCUT2D eigenvalue weighted by Gasteiger charge is -2.23. The number of hydrogen-bond donors (Lipinski definition) is 2. The first-order valence-corrected chi connectivity index (χ1v) is 9.65. The molecule has 0 aliphatic carbocycles. The second kappa shape index (κ2) is 7.82. The van der Waals surface area contributed by atoms with Crippen molar-refractivity contribution >= 4 is 34.8 Å². The third kappa shape index (κ3) is 3.40. The molecule has 2 N–H and O–H groups in total. The van der Waals surface area contributed by atoms with Gasteiger partial charge in [-0.05, 0) is 48.0 Å². The summed E-state index contributed by atoms with van der Waals surface area (Å²) < 4.78 is 5.11. The molecule has 0 saturated heterocycles. The molecule has 0 aromatic heterocycles. The number of amides is 2. The lowest BCUT2D eigenvalue weighted by Crippen LogP contribution is -2.44. The van der Waals surface area contributed by atoms with Crippen LogP contribution in [-0.2, 0) is 15.2 Å². The van der Waals surface area contributed by atoms with Crippen molar-refractivity contribution in [3.8, 4) is 5.75 Å². The largest absolute Gasteiger partial charge is 0.497 e. The van der Waals surface area contributed by atoms with Crippen LogP contribution < -0.4 is 15.0 Å². The van der Waals surface area contributed by atoms with E-state index >= 15 is 0 Å². The van der Waals surface area contributed by atoms with Crippen molar-refractivity contribution in [3.63, 3.8) is 0 Å². The molecule has 0 bridgehead atoms. The number of nitrogens with zero attached hydrogens (tertiary/aromatic N) is 1. The fourth-order valence-corrected chi connectivity index (χ4v) is 3.79. The molecule has 2 amide bonds. The number of rotatable bonds is 5. The van der Waals surface area contributed by atoms with Crippen LogP contribution in [0.3, 0.4) is 0 Å². The van der Waals surface area contributed by atoms with Gasteiger partial charge in [0.25, 0.3) is 5.91 Å². The number of para-hydroxylation sites is 1. The average molecular weight is 423 g/mol. The molecule has 7 heteroatoms. The number of hydrogen-bond acceptors (Lipinski definition) is 4. The number of methoxy groups -OCH3 is 1. The lowest BCUT2D eigenvalue weighted by molar-refractivity contribution is -0.133. The van der Waals surface area contributed by atoms with E-state index in [-0.39, 0.29) is 6.54 Å². The quantitative estimate of drug-likeness (QED) is 0.658. The van der Waals surface area contributed by atoms with Crippen molar-refractivity contribution in [2.24, 2.45) is 0 Å². The van der Waals surface area contributed by atoms with Gasteiger partial charge in [0.15, 0.2) is 5.60 Å². The molecular formula is C23H19ClN2O4. The molecule has 1 aliphatic heterocycles. The molecule has 3 aromatic carbocycles. The maximum Gasteiger partial charge on any atom is 0.268 e. The predicted molar refractivity (Wildman–Crippen MR) is 115 cm³/mol. The van der Waals surface area contributed by atoms with Crippen molar-refractivity contribution in [3.05, 3.63) is 88.9 Å². The standard InChI is InChI=1S/C23H19ClN2O4/c1-30-18-11-9-17(10-12-18)25-21(27)14-26-20-8-3-2-7-19(20)23(29,22(26)28)15-5-4-6-16(24)13-15/h2-13,29H,14H2,1H3,(H,25,27)/t23-/m1/s1. The van der Waals surface area contributed by atoms with Gasteiger partial charge in [0.2, 0.25) is 5.91 Å². The Labute approximate surface area is 178 Å². The third-order valence-electron chi connectivity index (χ3n) is 5.06. The van der Waals surface area contributed by atoms with Gasteiger partial charge in [0.05, 0.1) is 12.8 Å². The van der Waals surface area contributed by atoms with Crippen molar-refractivity contribution < 1.29 is 19.4 Å². The number of halogens is 1. The van der Waals surface area contributed by atoms with Gasteiger partial charge in [-0.3, -0.25) is 14.5 Å². The topological polar surface area (TPSA) is 78.9 Å². The molecule has 1 aliphatic rings. The molecule has 0 radical (unpaired) electrons. The van der Waals surface area contributed by atoms with Crippen molar-refractivity contribution in [1.29, 1.82) is 0 Å².